The van der Waals surface area contributed by atoms with Crippen molar-refractivity contribution in [2.45, 2.75) is 37.8 Å². The van der Waals surface area contributed by atoms with Crippen molar-refractivity contribution in [1.82, 2.24) is 5.32 Å². The lowest BCUT2D eigenvalue weighted by Gasteiger charge is -2.42. The molecule has 2 unspecified atom stereocenters. The average molecular weight is 798 g/mol. The molecule has 0 spiro atoms. The number of fused-ring (bicyclic) bond motifs is 9. The molecule has 296 valence electrons. The molecule has 1 heterocycles. The van der Waals surface area contributed by atoms with Crippen LogP contribution in [-0.4, -0.2) is 16.8 Å². The molecule has 0 radical (unpaired) electrons. The molecule has 4 heteroatoms. The van der Waals surface area contributed by atoms with Gasteiger partial charge in [-0.3, -0.25) is 0 Å². The molecule has 4 nitrogen and oxygen atoms in total. The van der Waals surface area contributed by atoms with Gasteiger partial charge in [0, 0.05) is 33.4 Å². The van der Waals surface area contributed by atoms with Crippen molar-refractivity contribution < 1.29 is 5.11 Å². The minimum atomic E-state index is -0.321. The summed E-state index contributed by atoms with van der Waals surface area (Å²) < 4.78 is 0. The first-order chi connectivity index (χ1) is 30.4. The third-order valence-electron chi connectivity index (χ3n) is 13.6. The first kappa shape index (κ1) is 36.3. The minimum Gasteiger partial charge on any atom is -0.507 e. The number of hydrogen-bond donors (Lipinski definition) is 2. The van der Waals surface area contributed by atoms with Crippen LogP contribution in [0.3, 0.4) is 0 Å². The lowest BCUT2D eigenvalue weighted by atomic mass is 9.60. The van der Waals surface area contributed by atoms with Gasteiger partial charge in [0.15, 0.2) is 5.84 Å². The topological polar surface area (TPSA) is 57.0 Å². The van der Waals surface area contributed by atoms with Gasteiger partial charge in [0.25, 0.3) is 0 Å². The van der Waals surface area contributed by atoms with E-state index in [2.05, 4.69) is 189 Å². The molecule has 9 aromatic carbocycles. The highest BCUT2D eigenvalue weighted by molar-refractivity contribution is 6.19. The molecule has 62 heavy (non-hydrogen) atoms. The molecule has 9 aromatic rings. The molecule has 0 bridgehead atoms. The van der Waals surface area contributed by atoms with E-state index < -0.39 is 0 Å². The van der Waals surface area contributed by atoms with Crippen LogP contribution in [0.15, 0.2) is 198 Å². The zero-order valence-electron chi connectivity index (χ0n) is 34.6. The van der Waals surface area contributed by atoms with Gasteiger partial charge in [-0.15, -0.1) is 0 Å². The van der Waals surface area contributed by atoms with E-state index in [1.165, 1.54) is 44.5 Å². The second-order valence-corrected chi connectivity index (χ2v) is 17.5. The van der Waals surface area contributed by atoms with Gasteiger partial charge >= 0.3 is 0 Å². The van der Waals surface area contributed by atoms with Crippen LogP contribution in [0.4, 0.5) is 0 Å². The van der Waals surface area contributed by atoms with E-state index in [1.54, 1.807) is 0 Å². The largest absolute Gasteiger partial charge is 0.507 e. The molecule has 0 aromatic heterocycles. The van der Waals surface area contributed by atoms with Gasteiger partial charge in [0.2, 0.25) is 0 Å². The summed E-state index contributed by atoms with van der Waals surface area (Å²) in [6.45, 7) is 4.80. The smallest absolute Gasteiger partial charge is 0.160 e. The fourth-order valence-corrected chi connectivity index (χ4v) is 10.9. The van der Waals surface area contributed by atoms with Crippen LogP contribution in [-0.2, 0) is 11.8 Å². The van der Waals surface area contributed by atoms with Crippen molar-refractivity contribution in [1.29, 1.82) is 0 Å². The van der Waals surface area contributed by atoms with E-state index in [-0.39, 0.29) is 17.5 Å². The first-order valence-electron chi connectivity index (χ1n) is 21.6. The van der Waals surface area contributed by atoms with Gasteiger partial charge in [-0.05, 0) is 83.8 Å². The summed E-state index contributed by atoms with van der Waals surface area (Å²) in [5, 5.41) is 20.4. The summed E-state index contributed by atoms with van der Waals surface area (Å²) in [4.78, 5) is 10.7. The van der Waals surface area contributed by atoms with Crippen LogP contribution in [0.25, 0.3) is 54.9 Å². The van der Waals surface area contributed by atoms with Crippen molar-refractivity contribution in [3.63, 3.8) is 0 Å². The molecule has 2 N–H and O–H groups in total. The molecule has 2 atom stereocenters. The predicted molar refractivity (Wildman–Crippen MR) is 255 cm³/mol. The number of nitrogens with zero attached hydrogens (tertiary/aromatic N) is 2. The maximum Gasteiger partial charge on any atom is 0.160 e. The standard InChI is InChI=1S/C58H43N3O/c1-58(2)50-31-16-15-26-42(50)41-25-10-13-28-44(41)53(58)38-33-48-47(49(34-38)52-43-27-12-9-23-39(43)40-24-11-14-29-45(40)54(52)62)32-37-22-17-30-46(51(37)48)57-60-55(35-18-5-3-6-19-35)59-56(61-57)36-20-7-4-8-21-36/h3-31,33-34,53,55,62H,32H2,1-2H3,(H,59,60,61). The highest BCUT2D eigenvalue weighted by Crippen LogP contribution is 2.56. The maximum absolute atomic E-state index is 12.6. The monoisotopic (exact) mass is 797 g/mol. The predicted octanol–water partition coefficient (Wildman–Crippen LogP) is 13.5. The Hall–Kier alpha value is -7.56. The number of amidine groups is 2. The van der Waals surface area contributed by atoms with Crippen molar-refractivity contribution in [2.75, 3.05) is 0 Å². The number of phenols is 1. The summed E-state index contributed by atoms with van der Waals surface area (Å²) >= 11 is 0. The second kappa shape index (κ2) is 14.0. The Morgan fingerprint density at radius 3 is 1.90 bits per heavy atom. The van der Waals surface area contributed by atoms with Crippen molar-refractivity contribution in [3.8, 4) is 39.1 Å². The minimum absolute atomic E-state index is 0.0177. The zero-order chi connectivity index (χ0) is 41.5. The van der Waals surface area contributed by atoms with E-state index in [9.17, 15) is 5.11 Å². The normalized spacial score (nSPS) is 17.0. The zero-order valence-corrected chi connectivity index (χ0v) is 34.6. The van der Waals surface area contributed by atoms with Crippen LogP contribution in [0, 0.1) is 0 Å². The highest BCUT2D eigenvalue weighted by Gasteiger charge is 2.42. The molecule has 0 fully saturated rings. The summed E-state index contributed by atoms with van der Waals surface area (Å²) in [7, 11) is 0. The summed E-state index contributed by atoms with van der Waals surface area (Å²) in [6.07, 6.45) is 0.392. The van der Waals surface area contributed by atoms with Gasteiger partial charge < -0.3 is 10.4 Å². The molecule has 0 saturated carbocycles. The lowest BCUT2D eigenvalue weighted by molar-refractivity contribution is 0.454. The SMILES string of the molecule is CC1(C)c2ccccc2-c2ccccc2C1c1cc2c(c(-c3c(O)c4ccccc4c4ccccc34)c1)Cc1cccc(C3=NC(c4ccccc4)NC(c4ccccc4)=N3)c1-2. The second-order valence-electron chi connectivity index (χ2n) is 17.5. The van der Waals surface area contributed by atoms with Crippen LogP contribution in [0.2, 0.25) is 0 Å². The Balaban J connectivity index is 1.15. The number of aromatic hydroxyl groups is 1. The van der Waals surface area contributed by atoms with Crippen LogP contribution >= 0.6 is 0 Å². The van der Waals surface area contributed by atoms with Gasteiger partial charge in [-0.25, -0.2) is 9.98 Å². The summed E-state index contributed by atoms with van der Waals surface area (Å²) in [5.74, 6) is 1.82. The van der Waals surface area contributed by atoms with Crippen LogP contribution in [0.1, 0.15) is 70.4 Å². The van der Waals surface area contributed by atoms with Gasteiger partial charge in [-0.2, -0.15) is 0 Å². The van der Waals surface area contributed by atoms with Crippen LogP contribution in [0.5, 0.6) is 5.75 Å². The molecule has 3 aliphatic rings. The number of aliphatic imine (C=N–C) groups is 2. The molecular formula is C58H43N3O. The number of hydrogen-bond acceptors (Lipinski definition) is 4. The molecule has 12 rings (SSSR count). The third-order valence-corrected chi connectivity index (χ3v) is 13.6. The summed E-state index contributed by atoms with van der Waals surface area (Å²) in [6, 6.07) is 66.9. The van der Waals surface area contributed by atoms with Gasteiger partial charge in [0.1, 0.15) is 17.8 Å². The van der Waals surface area contributed by atoms with E-state index in [0.29, 0.717) is 18.0 Å². The Labute approximate surface area is 361 Å². The molecule has 2 aliphatic carbocycles. The third kappa shape index (κ3) is 5.53. The van der Waals surface area contributed by atoms with Crippen LogP contribution < -0.4 is 5.32 Å². The number of nitrogens with one attached hydrogen (secondary N) is 1. The maximum atomic E-state index is 12.6. The summed E-state index contributed by atoms with van der Waals surface area (Å²) in [5.41, 5.74) is 15.9. The molecule has 0 saturated heterocycles. The Kier molecular flexibility index (Phi) is 8.20. The van der Waals surface area contributed by atoms with Crippen molar-refractivity contribution >= 4 is 33.2 Å². The number of benzene rings is 9. The van der Waals surface area contributed by atoms with Gasteiger partial charge in [-0.1, -0.05) is 202 Å². The average Bonchev–Trinajstić information content (AvgIpc) is 3.71. The Morgan fingerprint density at radius 1 is 0.532 bits per heavy atom. The fraction of sp³-hybridized carbons (Fsp3) is 0.103. The van der Waals surface area contributed by atoms with E-state index in [4.69, 9.17) is 9.98 Å². The van der Waals surface area contributed by atoms with Crippen molar-refractivity contribution in [2.24, 2.45) is 9.98 Å². The quantitative estimate of drug-likeness (QED) is 0.170. The number of phenolic OH excluding ortho intramolecular Hbond substituents is 1. The first-order valence-corrected chi connectivity index (χ1v) is 21.6. The fourth-order valence-electron chi connectivity index (χ4n) is 10.9. The molecule has 1 aliphatic heterocycles. The number of rotatable bonds is 5. The molecular weight excluding hydrogens is 755 g/mol. The van der Waals surface area contributed by atoms with E-state index in [0.717, 1.165) is 60.8 Å². The Morgan fingerprint density at radius 2 is 1.13 bits per heavy atom. The van der Waals surface area contributed by atoms with E-state index in [1.807, 2.05) is 18.2 Å². The Bertz CT molecular complexity index is 3340. The highest BCUT2D eigenvalue weighted by atomic mass is 16.3. The van der Waals surface area contributed by atoms with Gasteiger partial charge in [0.05, 0.1) is 0 Å². The lowest BCUT2D eigenvalue weighted by Crippen LogP contribution is -2.33. The van der Waals surface area contributed by atoms with Crippen molar-refractivity contribution in [3.05, 3.63) is 233 Å². The molecule has 0 amide bonds. The van der Waals surface area contributed by atoms with E-state index >= 15 is 0 Å².